The highest BCUT2D eigenvalue weighted by atomic mass is 19.4. The van der Waals surface area contributed by atoms with E-state index < -0.39 is 41.3 Å². The third kappa shape index (κ3) is 3.42. The van der Waals surface area contributed by atoms with Gasteiger partial charge in [0.05, 0.1) is 13.3 Å². The molecule has 0 spiro atoms. The fourth-order valence-corrected chi connectivity index (χ4v) is 1.22. The summed E-state index contributed by atoms with van der Waals surface area (Å²) in [5.41, 5.74) is -3.64. The third-order valence-electron chi connectivity index (χ3n) is 1.89. The first-order chi connectivity index (χ1) is 8.97. The molecule has 0 aromatic carbocycles. The van der Waals surface area contributed by atoms with Crippen molar-refractivity contribution in [2.75, 3.05) is 7.11 Å². The molecule has 0 saturated carbocycles. The molecule has 0 aliphatic heterocycles. The van der Waals surface area contributed by atoms with Crippen LogP contribution < -0.4 is 4.74 Å². The number of hydrogen-bond donors (Lipinski definition) is 1. The number of aromatic nitrogens is 1. The van der Waals surface area contributed by atoms with Crippen LogP contribution in [0.4, 0.5) is 26.3 Å². The van der Waals surface area contributed by atoms with Crippen LogP contribution >= 0.6 is 0 Å². The maximum atomic E-state index is 12.8. The van der Waals surface area contributed by atoms with Gasteiger partial charge in [-0.1, -0.05) is 0 Å². The minimum atomic E-state index is -5.51. The first-order valence-corrected chi connectivity index (χ1v) is 4.60. The van der Waals surface area contributed by atoms with Gasteiger partial charge in [-0.05, 0) is 0 Å². The van der Waals surface area contributed by atoms with Crippen molar-refractivity contribution < 1.29 is 45.7 Å². The van der Waals surface area contributed by atoms with E-state index >= 15 is 0 Å². The van der Waals surface area contributed by atoms with Crippen LogP contribution in [0.1, 0.15) is 16.1 Å². The Morgan fingerprint density at radius 2 is 1.80 bits per heavy atom. The van der Waals surface area contributed by atoms with Crippen LogP contribution in [0.25, 0.3) is 0 Å². The predicted molar refractivity (Wildman–Crippen MR) is 48.9 cm³/mol. The van der Waals surface area contributed by atoms with Gasteiger partial charge in [0.1, 0.15) is 5.56 Å². The van der Waals surface area contributed by atoms with Crippen LogP contribution in [-0.2, 0) is 10.9 Å². The van der Waals surface area contributed by atoms with Gasteiger partial charge in [-0.25, -0.2) is 9.78 Å². The fraction of sp³-hybridized carbons (Fsp3) is 0.333. The van der Waals surface area contributed by atoms with Crippen LogP contribution in [0.3, 0.4) is 0 Å². The van der Waals surface area contributed by atoms with E-state index in [9.17, 15) is 31.1 Å². The van der Waals surface area contributed by atoms with Crippen LogP contribution in [0.15, 0.2) is 6.20 Å². The summed E-state index contributed by atoms with van der Waals surface area (Å²) >= 11 is 0. The number of rotatable bonds is 2. The molecule has 1 rings (SSSR count). The zero-order valence-electron chi connectivity index (χ0n) is 9.46. The predicted octanol–water partition coefficient (Wildman–Crippen LogP) is 2.49. The summed E-state index contributed by atoms with van der Waals surface area (Å²) in [6.07, 6.45) is -10.7. The number of hydrogen-bond acceptors (Lipinski definition) is 5. The molecule has 5 nitrogen and oxygen atoms in total. The zero-order chi connectivity index (χ0) is 15.7. The Morgan fingerprint density at radius 1 is 1.25 bits per heavy atom. The number of ether oxygens (including phenoxy) is 2. The molecule has 0 aliphatic carbocycles. The number of methoxy groups -OCH3 is 1. The SMILES string of the molecule is COC(=O)c1ncc(O)c(OC(F)(F)F)c1C(F)(F)F. The second-order valence-electron chi connectivity index (χ2n) is 3.23. The average Bonchev–Trinajstić information content (AvgIpc) is 2.27. The number of carbonyl (C=O) groups is 1. The van der Waals surface area contributed by atoms with E-state index in [0.717, 1.165) is 0 Å². The zero-order valence-corrected chi connectivity index (χ0v) is 9.46. The summed E-state index contributed by atoms with van der Waals surface area (Å²) in [6, 6.07) is 0. The van der Waals surface area contributed by atoms with Gasteiger partial charge in [0.15, 0.2) is 17.2 Å². The number of nitrogens with zero attached hydrogens (tertiary/aromatic N) is 1. The molecule has 0 saturated heterocycles. The van der Waals surface area contributed by atoms with Crippen molar-refractivity contribution in [2.45, 2.75) is 12.5 Å². The van der Waals surface area contributed by atoms with E-state index in [2.05, 4.69) is 14.5 Å². The lowest BCUT2D eigenvalue weighted by atomic mass is 10.1. The highest BCUT2D eigenvalue weighted by Crippen LogP contribution is 2.44. The quantitative estimate of drug-likeness (QED) is 0.671. The fourth-order valence-electron chi connectivity index (χ4n) is 1.22. The Hall–Kier alpha value is -2.20. The van der Waals surface area contributed by atoms with E-state index in [1.54, 1.807) is 0 Å². The van der Waals surface area contributed by atoms with Gasteiger partial charge in [-0.3, -0.25) is 0 Å². The summed E-state index contributed by atoms with van der Waals surface area (Å²) in [5, 5.41) is 9.06. The molecule has 1 heterocycles. The molecular weight excluding hydrogens is 300 g/mol. The van der Waals surface area contributed by atoms with Crippen LogP contribution in [0, 0.1) is 0 Å². The lowest BCUT2D eigenvalue weighted by Crippen LogP contribution is -2.23. The summed E-state index contributed by atoms with van der Waals surface area (Å²) < 4.78 is 81.5. The largest absolute Gasteiger partial charge is 0.573 e. The van der Waals surface area contributed by atoms with E-state index in [1.807, 2.05) is 0 Å². The van der Waals surface area contributed by atoms with Crippen LogP contribution in [0.2, 0.25) is 0 Å². The minimum Gasteiger partial charge on any atom is -0.503 e. The monoisotopic (exact) mass is 305 g/mol. The normalized spacial score (nSPS) is 12.2. The molecule has 1 aromatic rings. The van der Waals surface area contributed by atoms with E-state index in [4.69, 9.17) is 5.11 Å². The maximum absolute atomic E-state index is 12.8. The summed E-state index contributed by atoms with van der Waals surface area (Å²) in [7, 11) is 0.710. The van der Waals surface area contributed by atoms with Crippen molar-refractivity contribution in [3.05, 3.63) is 17.5 Å². The first-order valence-electron chi connectivity index (χ1n) is 4.60. The number of aromatic hydroxyl groups is 1. The van der Waals surface area contributed by atoms with Crippen molar-refractivity contribution in [1.29, 1.82) is 0 Å². The van der Waals surface area contributed by atoms with E-state index in [-0.39, 0.29) is 6.20 Å². The second-order valence-corrected chi connectivity index (χ2v) is 3.23. The van der Waals surface area contributed by atoms with Gasteiger partial charge in [0.2, 0.25) is 0 Å². The average molecular weight is 305 g/mol. The molecule has 0 bridgehead atoms. The van der Waals surface area contributed by atoms with Gasteiger partial charge in [-0.15, -0.1) is 13.2 Å². The molecule has 11 heteroatoms. The van der Waals surface area contributed by atoms with E-state index in [1.165, 1.54) is 0 Å². The van der Waals surface area contributed by atoms with Gasteiger partial charge in [-0.2, -0.15) is 13.2 Å². The van der Waals surface area contributed by atoms with Gasteiger partial charge in [0.25, 0.3) is 0 Å². The molecular formula is C9H5F6NO4. The Kier molecular flexibility index (Phi) is 4.01. The van der Waals surface area contributed by atoms with Gasteiger partial charge < -0.3 is 14.6 Å². The molecule has 0 atom stereocenters. The van der Waals surface area contributed by atoms with Gasteiger partial charge >= 0.3 is 18.5 Å². The summed E-state index contributed by atoms with van der Waals surface area (Å²) in [4.78, 5) is 14.0. The lowest BCUT2D eigenvalue weighted by molar-refractivity contribution is -0.276. The molecule has 0 unspecified atom stereocenters. The second kappa shape index (κ2) is 5.06. The molecule has 0 fully saturated rings. The highest BCUT2D eigenvalue weighted by Gasteiger charge is 2.45. The van der Waals surface area contributed by atoms with Crippen molar-refractivity contribution in [3.8, 4) is 11.5 Å². The number of esters is 1. The molecule has 112 valence electrons. The molecule has 0 amide bonds. The number of alkyl halides is 6. The lowest BCUT2D eigenvalue weighted by Gasteiger charge is -2.17. The Morgan fingerprint density at radius 3 is 2.20 bits per heavy atom. The third-order valence-corrected chi connectivity index (χ3v) is 1.89. The van der Waals surface area contributed by atoms with Crippen LogP contribution in [-0.4, -0.2) is 29.5 Å². The maximum Gasteiger partial charge on any atom is 0.573 e. The summed E-state index contributed by atoms with van der Waals surface area (Å²) in [5.74, 6) is -5.13. The molecule has 1 N–H and O–H groups in total. The summed E-state index contributed by atoms with van der Waals surface area (Å²) in [6.45, 7) is 0. The van der Waals surface area contributed by atoms with E-state index in [0.29, 0.717) is 7.11 Å². The van der Waals surface area contributed by atoms with Crippen molar-refractivity contribution in [1.82, 2.24) is 4.98 Å². The standard InChI is InChI=1S/C9H5F6NO4/c1-19-7(18)5-4(8(10,11)12)6(3(17)2-16-5)20-9(13,14)15/h2,17H,1H3. The number of halogens is 6. The Labute approximate surface area is 106 Å². The molecule has 0 radical (unpaired) electrons. The van der Waals surface area contributed by atoms with Crippen molar-refractivity contribution in [3.63, 3.8) is 0 Å². The van der Waals surface area contributed by atoms with Crippen molar-refractivity contribution in [2.24, 2.45) is 0 Å². The Bertz CT molecular complexity index is 524. The highest BCUT2D eigenvalue weighted by molar-refractivity contribution is 5.90. The van der Waals surface area contributed by atoms with Crippen LogP contribution in [0.5, 0.6) is 11.5 Å². The number of pyridine rings is 1. The Balaban J connectivity index is 3.59. The van der Waals surface area contributed by atoms with Crippen molar-refractivity contribution >= 4 is 5.97 Å². The molecule has 1 aromatic heterocycles. The molecule has 20 heavy (non-hydrogen) atoms. The smallest absolute Gasteiger partial charge is 0.503 e. The van der Waals surface area contributed by atoms with Gasteiger partial charge in [0, 0.05) is 0 Å². The molecule has 0 aliphatic rings. The topological polar surface area (TPSA) is 68.7 Å². The minimum absolute atomic E-state index is 0.211. The number of carbonyl (C=O) groups excluding carboxylic acids is 1. The first kappa shape index (κ1) is 15.9.